The average molecular weight is 411 g/mol. The third-order valence-corrected chi connectivity index (χ3v) is 3.91. The molecule has 1 aliphatic rings. The number of carbonyl (C=O) groups excluding carboxylic acids is 1. The van der Waals surface area contributed by atoms with E-state index in [1.54, 1.807) is 6.07 Å². The first-order valence-electron chi connectivity index (χ1n) is 7.30. The van der Waals surface area contributed by atoms with Gasteiger partial charge in [-0.2, -0.15) is 0 Å². The summed E-state index contributed by atoms with van der Waals surface area (Å²) in [7, 11) is 1.88. The number of benzene rings is 1. The molecule has 0 atom stereocenters. The van der Waals surface area contributed by atoms with Gasteiger partial charge in [-0.05, 0) is 19.2 Å². The predicted molar refractivity (Wildman–Crippen MR) is 93.8 cm³/mol. The molecule has 2 rings (SSSR count). The van der Waals surface area contributed by atoms with Crippen LogP contribution in [0.5, 0.6) is 5.75 Å². The Labute approximate surface area is 150 Å². The number of ether oxygens (including phenoxy) is 1. The van der Waals surface area contributed by atoms with Gasteiger partial charge < -0.3 is 15.0 Å². The van der Waals surface area contributed by atoms with E-state index in [1.165, 1.54) is 12.1 Å². The molecule has 1 aliphatic heterocycles. The lowest BCUT2D eigenvalue weighted by atomic mass is 10.3. The molecule has 0 aromatic heterocycles. The van der Waals surface area contributed by atoms with Crippen LogP contribution in [-0.4, -0.2) is 68.6 Å². The molecule has 1 aromatic carbocycles. The van der Waals surface area contributed by atoms with Crippen LogP contribution in [0.4, 0.5) is 4.39 Å². The third kappa shape index (κ3) is 7.03. The molecule has 5 nitrogen and oxygen atoms in total. The number of likely N-dealkylation sites (N-methyl/N-ethyl adjacent to an activating group) is 1. The molecular formula is C15H22BrClFN3O2. The number of nitrogens with one attached hydrogen (secondary N) is 1. The second kappa shape index (κ2) is 10.1. The number of carbonyl (C=O) groups is 1. The molecule has 23 heavy (non-hydrogen) atoms. The fraction of sp³-hybridized carbons (Fsp3) is 0.533. The van der Waals surface area contributed by atoms with Crippen LogP contribution in [-0.2, 0) is 4.79 Å². The summed E-state index contributed by atoms with van der Waals surface area (Å²) in [5, 5.41) is 3.22. The van der Waals surface area contributed by atoms with Gasteiger partial charge in [0.1, 0.15) is 18.2 Å². The molecule has 8 heteroatoms. The van der Waals surface area contributed by atoms with E-state index < -0.39 is 0 Å². The van der Waals surface area contributed by atoms with Crippen molar-refractivity contribution in [3.05, 3.63) is 28.5 Å². The summed E-state index contributed by atoms with van der Waals surface area (Å²) in [5.74, 6) is 0.276. The Balaban J connectivity index is 0.00000264. The zero-order valence-electron chi connectivity index (χ0n) is 13.1. The van der Waals surface area contributed by atoms with Gasteiger partial charge in [0.05, 0.1) is 6.54 Å². The molecular weight excluding hydrogens is 389 g/mol. The maximum Gasteiger partial charge on any atom is 0.236 e. The van der Waals surface area contributed by atoms with Crippen LogP contribution in [0.2, 0.25) is 0 Å². The Morgan fingerprint density at radius 2 is 2.09 bits per heavy atom. The van der Waals surface area contributed by atoms with E-state index in [-0.39, 0.29) is 24.1 Å². The lowest BCUT2D eigenvalue weighted by Crippen LogP contribution is -2.49. The monoisotopic (exact) mass is 409 g/mol. The largest absolute Gasteiger partial charge is 0.492 e. The second-order valence-electron chi connectivity index (χ2n) is 5.32. The minimum absolute atomic E-state index is 0. The van der Waals surface area contributed by atoms with Gasteiger partial charge in [-0.15, -0.1) is 12.4 Å². The maximum absolute atomic E-state index is 13.2. The van der Waals surface area contributed by atoms with Crippen molar-refractivity contribution in [2.45, 2.75) is 0 Å². The highest BCUT2D eigenvalue weighted by atomic mass is 79.9. The zero-order valence-corrected chi connectivity index (χ0v) is 15.5. The number of piperazine rings is 1. The number of amides is 1. The molecule has 1 aromatic rings. The normalized spacial score (nSPS) is 14.5. The lowest BCUT2D eigenvalue weighted by Gasteiger charge is -2.29. The number of halogens is 3. The molecule has 130 valence electrons. The van der Waals surface area contributed by atoms with Crippen LogP contribution >= 0.6 is 28.3 Å². The van der Waals surface area contributed by atoms with Gasteiger partial charge >= 0.3 is 0 Å². The Morgan fingerprint density at radius 1 is 1.39 bits per heavy atom. The first kappa shape index (κ1) is 20.2. The van der Waals surface area contributed by atoms with Crippen LogP contribution in [0, 0.1) is 5.82 Å². The molecule has 1 heterocycles. The fourth-order valence-electron chi connectivity index (χ4n) is 2.26. The predicted octanol–water partition coefficient (Wildman–Crippen LogP) is 1.75. The van der Waals surface area contributed by atoms with Crippen molar-refractivity contribution in [2.24, 2.45) is 0 Å². The first-order valence-corrected chi connectivity index (χ1v) is 8.10. The lowest BCUT2D eigenvalue weighted by molar-refractivity contribution is -0.132. The Hall–Kier alpha value is -0.890. The highest BCUT2D eigenvalue weighted by molar-refractivity contribution is 9.10. The summed E-state index contributed by atoms with van der Waals surface area (Å²) in [4.78, 5) is 15.9. The molecule has 0 unspecified atom stereocenters. The number of hydrogen-bond acceptors (Lipinski definition) is 4. The van der Waals surface area contributed by atoms with Gasteiger partial charge in [-0.25, -0.2) is 4.39 Å². The number of nitrogens with zero attached hydrogens (tertiary/aromatic N) is 2. The van der Waals surface area contributed by atoms with Crippen LogP contribution < -0.4 is 10.1 Å². The van der Waals surface area contributed by atoms with E-state index in [0.29, 0.717) is 29.9 Å². The van der Waals surface area contributed by atoms with Gasteiger partial charge in [0.2, 0.25) is 5.91 Å². The Morgan fingerprint density at radius 3 is 2.74 bits per heavy atom. The van der Waals surface area contributed by atoms with Gasteiger partial charge in [0.15, 0.2) is 0 Å². The summed E-state index contributed by atoms with van der Waals surface area (Å²) in [6, 6.07) is 4.44. The summed E-state index contributed by atoms with van der Waals surface area (Å²) in [5.41, 5.74) is 0. The van der Waals surface area contributed by atoms with E-state index in [4.69, 9.17) is 4.74 Å². The Bertz CT molecular complexity index is 495. The summed E-state index contributed by atoms with van der Waals surface area (Å²) >= 11 is 3.22. The molecule has 0 spiro atoms. The first-order chi connectivity index (χ1) is 10.5. The van der Waals surface area contributed by atoms with Crippen LogP contribution in [0.15, 0.2) is 22.7 Å². The van der Waals surface area contributed by atoms with Crippen LogP contribution in [0.3, 0.4) is 0 Å². The molecule has 1 fully saturated rings. The highest BCUT2D eigenvalue weighted by Crippen LogP contribution is 2.20. The van der Waals surface area contributed by atoms with E-state index in [1.807, 2.05) is 16.8 Å². The summed E-state index contributed by atoms with van der Waals surface area (Å²) in [6.07, 6.45) is 0. The molecule has 0 saturated carbocycles. The highest BCUT2D eigenvalue weighted by Gasteiger charge is 2.17. The maximum atomic E-state index is 13.2. The third-order valence-electron chi connectivity index (χ3n) is 3.45. The van der Waals surface area contributed by atoms with E-state index in [2.05, 4.69) is 21.2 Å². The Kier molecular flexibility index (Phi) is 8.83. The van der Waals surface area contributed by atoms with Crippen molar-refractivity contribution in [1.82, 2.24) is 15.1 Å². The molecule has 0 radical (unpaired) electrons. The van der Waals surface area contributed by atoms with E-state index in [9.17, 15) is 9.18 Å². The van der Waals surface area contributed by atoms with Crippen molar-refractivity contribution >= 4 is 34.2 Å². The minimum Gasteiger partial charge on any atom is -0.492 e. The van der Waals surface area contributed by atoms with Gasteiger partial charge in [-0.1, -0.05) is 15.9 Å². The molecule has 1 N–H and O–H groups in total. The molecule has 1 saturated heterocycles. The van der Waals surface area contributed by atoms with E-state index in [0.717, 1.165) is 26.2 Å². The van der Waals surface area contributed by atoms with Gasteiger partial charge in [0, 0.05) is 43.3 Å². The van der Waals surface area contributed by atoms with Gasteiger partial charge in [0.25, 0.3) is 0 Å². The topological polar surface area (TPSA) is 44.8 Å². The van der Waals surface area contributed by atoms with Crippen molar-refractivity contribution in [3.8, 4) is 5.75 Å². The second-order valence-corrected chi connectivity index (χ2v) is 6.24. The minimum atomic E-state index is -0.341. The SMILES string of the molecule is CN(CCOc1cc(F)cc(Br)c1)CC(=O)N1CCNCC1.Cl. The van der Waals surface area contributed by atoms with Crippen molar-refractivity contribution in [2.75, 3.05) is 52.9 Å². The van der Waals surface area contributed by atoms with Crippen molar-refractivity contribution < 1.29 is 13.9 Å². The van der Waals surface area contributed by atoms with Crippen LogP contribution in [0.25, 0.3) is 0 Å². The molecule has 0 aliphatic carbocycles. The standard InChI is InChI=1S/C15H21BrFN3O2.ClH/c1-19(11-15(21)20-4-2-18-3-5-20)6-7-22-14-9-12(16)8-13(17)10-14;/h8-10,18H,2-7,11H2,1H3;1H. The van der Waals surface area contributed by atoms with E-state index >= 15 is 0 Å². The smallest absolute Gasteiger partial charge is 0.236 e. The van der Waals surface area contributed by atoms with Crippen molar-refractivity contribution in [1.29, 1.82) is 0 Å². The zero-order chi connectivity index (χ0) is 15.9. The van der Waals surface area contributed by atoms with Crippen LogP contribution in [0.1, 0.15) is 0 Å². The summed E-state index contributed by atoms with van der Waals surface area (Å²) in [6.45, 7) is 4.62. The van der Waals surface area contributed by atoms with Gasteiger partial charge in [-0.3, -0.25) is 9.69 Å². The van der Waals surface area contributed by atoms with Crippen molar-refractivity contribution in [3.63, 3.8) is 0 Å². The quantitative estimate of drug-likeness (QED) is 0.776. The summed E-state index contributed by atoms with van der Waals surface area (Å²) < 4.78 is 19.4. The number of hydrogen-bond donors (Lipinski definition) is 1. The molecule has 1 amide bonds. The average Bonchev–Trinajstić information content (AvgIpc) is 2.47. The molecule has 0 bridgehead atoms. The fourth-order valence-corrected chi connectivity index (χ4v) is 2.70. The number of rotatable bonds is 6.